The summed E-state index contributed by atoms with van der Waals surface area (Å²) in [6.07, 6.45) is -1.14. The van der Waals surface area contributed by atoms with Crippen LogP contribution in [0.5, 0.6) is 0 Å². The van der Waals surface area contributed by atoms with Gasteiger partial charge in [-0.25, -0.2) is 9.48 Å². The van der Waals surface area contributed by atoms with Gasteiger partial charge in [-0.1, -0.05) is 11.6 Å². The van der Waals surface area contributed by atoms with Crippen LogP contribution < -0.4 is 10.9 Å². The van der Waals surface area contributed by atoms with Crippen LogP contribution in [0.3, 0.4) is 0 Å². The van der Waals surface area contributed by atoms with Crippen LogP contribution in [0.2, 0.25) is 5.15 Å². The van der Waals surface area contributed by atoms with Gasteiger partial charge in [-0.05, 0) is 6.07 Å². The van der Waals surface area contributed by atoms with Crippen molar-refractivity contribution >= 4 is 17.7 Å². The number of nitrogens with zero attached hydrogens (tertiary/aromatic N) is 2. The van der Waals surface area contributed by atoms with Crippen molar-refractivity contribution in [3.8, 4) is 0 Å². The molecule has 0 spiro atoms. The maximum Gasteiger partial charge on any atom is 0.404 e. The van der Waals surface area contributed by atoms with Crippen LogP contribution in [-0.4, -0.2) is 27.5 Å². The quantitative estimate of drug-likeness (QED) is 0.756. The van der Waals surface area contributed by atoms with E-state index in [0.29, 0.717) is 0 Å². The molecule has 0 saturated heterocycles. The molecule has 0 saturated carbocycles. The summed E-state index contributed by atoms with van der Waals surface area (Å²) in [6, 6.07) is 2.65. The van der Waals surface area contributed by atoms with Gasteiger partial charge in [0.05, 0.1) is 6.54 Å². The largest absolute Gasteiger partial charge is 0.465 e. The van der Waals surface area contributed by atoms with E-state index in [2.05, 4.69) is 10.4 Å². The monoisotopic (exact) mass is 217 g/mol. The minimum atomic E-state index is -1.14. The predicted molar refractivity (Wildman–Crippen MR) is 49.5 cm³/mol. The Labute approximate surface area is 84.1 Å². The molecule has 0 aliphatic carbocycles. The van der Waals surface area contributed by atoms with Crippen LogP contribution in [0, 0.1) is 0 Å². The molecule has 2 N–H and O–H groups in total. The fraction of sp³-hybridized carbons (Fsp3) is 0.286. The normalized spacial score (nSPS) is 9.79. The van der Waals surface area contributed by atoms with E-state index in [1.54, 1.807) is 0 Å². The van der Waals surface area contributed by atoms with E-state index in [-0.39, 0.29) is 23.8 Å². The van der Waals surface area contributed by atoms with Crippen LogP contribution >= 0.6 is 11.6 Å². The van der Waals surface area contributed by atoms with Crippen LogP contribution in [0.1, 0.15) is 0 Å². The lowest BCUT2D eigenvalue weighted by Gasteiger charge is -2.03. The molecule has 0 unspecified atom stereocenters. The highest BCUT2D eigenvalue weighted by Crippen LogP contribution is 1.97. The van der Waals surface area contributed by atoms with Gasteiger partial charge in [-0.15, -0.1) is 0 Å². The Morgan fingerprint density at radius 1 is 1.64 bits per heavy atom. The van der Waals surface area contributed by atoms with E-state index in [4.69, 9.17) is 16.7 Å². The number of nitrogens with one attached hydrogen (secondary N) is 1. The topological polar surface area (TPSA) is 84.2 Å². The van der Waals surface area contributed by atoms with Gasteiger partial charge in [-0.3, -0.25) is 4.79 Å². The highest BCUT2D eigenvalue weighted by atomic mass is 35.5. The number of carboxylic acid groups (broad SMARTS) is 1. The van der Waals surface area contributed by atoms with E-state index >= 15 is 0 Å². The molecule has 0 bridgehead atoms. The highest BCUT2D eigenvalue weighted by molar-refractivity contribution is 6.29. The molecule has 6 nitrogen and oxygen atoms in total. The summed E-state index contributed by atoms with van der Waals surface area (Å²) in [5.74, 6) is 0. The Morgan fingerprint density at radius 2 is 2.36 bits per heavy atom. The summed E-state index contributed by atoms with van der Waals surface area (Å²) in [5, 5.41) is 14.3. The standard InChI is InChI=1S/C7H8ClN3O3/c8-5-1-2-6(12)11(10-5)4-3-9-7(13)14/h1-2,9H,3-4H2,(H,13,14). The zero-order valence-corrected chi connectivity index (χ0v) is 7.86. The molecule has 1 heterocycles. The minimum Gasteiger partial charge on any atom is -0.465 e. The lowest BCUT2D eigenvalue weighted by atomic mass is 10.5. The number of amides is 1. The maximum atomic E-state index is 11.1. The third kappa shape index (κ3) is 3.06. The van der Waals surface area contributed by atoms with Crippen molar-refractivity contribution in [3.63, 3.8) is 0 Å². The predicted octanol–water partition coefficient (Wildman–Crippen LogP) is 0.164. The first-order chi connectivity index (χ1) is 6.59. The Morgan fingerprint density at radius 3 is 3.00 bits per heavy atom. The summed E-state index contributed by atoms with van der Waals surface area (Å²) in [4.78, 5) is 21.2. The number of hydrogen-bond acceptors (Lipinski definition) is 3. The van der Waals surface area contributed by atoms with Crippen LogP contribution in [0.25, 0.3) is 0 Å². The molecular formula is C7H8ClN3O3. The molecule has 1 rings (SSSR count). The summed E-state index contributed by atoms with van der Waals surface area (Å²) in [7, 11) is 0. The van der Waals surface area contributed by atoms with E-state index in [0.717, 1.165) is 4.68 Å². The fourth-order valence-electron chi connectivity index (χ4n) is 0.853. The van der Waals surface area contributed by atoms with Crippen molar-refractivity contribution in [2.24, 2.45) is 0 Å². The van der Waals surface area contributed by atoms with E-state index < -0.39 is 6.09 Å². The zero-order valence-electron chi connectivity index (χ0n) is 7.11. The van der Waals surface area contributed by atoms with Gasteiger partial charge in [0.15, 0.2) is 0 Å². The molecule has 1 aromatic rings. The molecule has 0 fully saturated rings. The molecule has 0 atom stereocenters. The minimum absolute atomic E-state index is 0.114. The Kier molecular flexibility index (Phi) is 3.47. The Hall–Kier alpha value is -1.56. The van der Waals surface area contributed by atoms with Crippen molar-refractivity contribution < 1.29 is 9.90 Å². The summed E-state index contributed by atoms with van der Waals surface area (Å²) in [6.45, 7) is 0.272. The molecule has 1 aromatic heterocycles. The third-order valence-corrected chi connectivity index (χ3v) is 1.64. The van der Waals surface area contributed by atoms with E-state index in [9.17, 15) is 9.59 Å². The third-order valence-electron chi connectivity index (χ3n) is 1.43. The van der Waals surface area contributed by atoms with E-state index in [1.807, 2.05) is 0 Å². The lowest BCUT2D eigenvalue weighted by molar-refractivity contribution is 0.194. The van der Waals surface area contributed by atoms with Crippen molar-refractivity contribution in [3.05, 3.63) is 27.6 Å². The number of aromatic nitrogens is 2. The average Bonchev–Trinajstić information content (AvgIpc) is 2.10. The summed E-state index contributed by atoms with van der Waals surface area (Å²) >= 11 is 5.55. The molecule has 0 aromatic carbocycles. The van der Waals surface area contributed by atoms with Crippen LogP contribution in [0.4, 0.5) is 4.79 Å². The second-order valence-corrected chi connectivity index (χ2v) is 2.84. The molecule has 0 radical (unpaired) electrons. The first kappa shape index (κ1) is 10.5. The number of carbonyl (C=O) groups is 1. The van der Waals surface area contributed by atoms with Gasteiger partial charge in [0.25, 0.3) is 5.56 Å². The Bertz CT molecular complexity index is 390. The second kappa shape index (κ2) is 4.61. The lowest BCUT2D eigenvalue weighted by Crippen LogP contribution is -2.30. The van der Waals surface area contributed by atoms with Gasteiger partial charge in [0.2, 0.25) is 0 Å². The fourth-order valence-corrected chi connectivity index (χ4v) is 1.01. The maximum absolute atomic E-state index is 11.1. The molecular weight excluding hydrogens is 210 g/mol. The van der Waals surface area contributed by atoms with Crippen molar-refractivity contribution in [2.75, 3.05) is 6.54 Å². The van der Waals surface area contributed by atoms with Crippen LogP contribution in [-0.2, 0) is 6.54 Å². The van der Waals surface area contributed by atoms with Gasteiger partial charge >= 0.3 is 6.09 Å². The van der Waals surface area contributed by atoms with E-state index in [1.165, 1.54) is 12.1 Å². The van der Waals surface area contributed by atoms with Crippen molar-refractivity contribution in [1.82, 2.24) is 15.1 Å². The second-order valence-electron chi connectivity index (χ2n) is 2.45. The molecule has 1 amide bonds. The molecule has 0 aliphatic rings. The smallest absolute Gasteiger partial charge is 0.404 e. The van der Waals surface area contributed by atoms with Gasteiger partial charge in [0, 0.05) is 12.6 Å². The van der Waals surface area contributed by atoms with Crippen molar-refractivity contribution in [2.45, 2.75) is 6.54 Å². The first-order valence-corrected chi connectivity index (χ1v) is 4.18. The van der Waals surface area contributed by atoms with Crippen LogP contribution in [0.15, 0.2) is 16.9 Å². The van der Waals surface area contributed by atoms with Gasteiger partial charge in [0.1, 0.15) is 5.15 Å². The number of rotatable bonds is 3. The number of halogens is 1. The molecule has 0 aliphatic heterocycles. The van der Waals surface area contributed by atoms with Crippen molar-refractivity contribution in [1.29, 1.82) is 0 Å². The zero-order chi connectivity index (χ0) is 10.6. The summed E-state index contributed by atoms with van der Waals surface area (Å²) in [5.41, 5.74) is -0.318. The van der Waals surface area contributed by atoms with Gasteiger partial charge in [-0.2, -0.15) is 5.10 Å². The molecule has 14 heavy (non-hydrogen) atoms. The highest BCUT2D eigenvalue weighted by Gasteiger charge is 1.99. The molecule has 7 heteroatoms. The first-order valence-electron chi connectivity index (χ1n) is 3.80. The SMILES string of the molecule is O=C(O)NCCn1nc(Cl)ccc1=O. The Balaban J connectivity index is 2.62. The average molecular weight is 218 g/mol. The number of hydrogen-bond donors (Lipinski definition) is 2. The summed E-state index contributed by atoms with van der Waals surface area (Å²) < 4.78 is 1.10. The van der Waals surface area contributed by atoms with Gasteiger partial charge < -0.3 is 10.4 Å². The molecule has 76 valence electrons.